The quantitative estimate of drug-likeness (QED) is 0.413. The summed E-state index contributed by atoms with van der Waals surface area (Å²) in [5.74, 6) is -0.351. The molecular formula is C25H18Cl2N4O2. The van der Waals surface area contributed by atoms with Crippen LogP contribution in [0.4, 0.5) is 5.69 Å². The van der Waals surface area contributed by atoms with E-state index in [1.54, 1.807) is 41.2 Å². The molecule has 0 aliphatic carbocycles. The summed E-state index contributed by atoms with van der Waals surface area (Å²) in [6, 6.07) is 15.8. The molecular weight excluding hydrogens is 459 g/mol. The number of rotatable bonds is 4. The van der Waals surface area contributed by atoms with Crippen molar-refractivity contribution in [3.8, 4) is 5.69 Å². The number of nitrogens with zero attached hydrogens (tertiary/aromatic N) is 3. The van der Waals surface area contributed by atoms with Gasteiger partial charge in [0.1, 0.15) is 0 Å². The number of para-hydroxylation sites is 1. The van der Waals surface area contributed by atoms with Crippen LogP contribution in [0, 0.1) is 0 Å². The number of aromatic nitrogens is 2. The molecule has 1 aliphatic heterocycles. The van der Waals surface area contributed by atoms with E-state index < -0.39 is 6.04 Å². The lowest BCUT2D eigenvalue weighted by molar-refractivity contribution is 0.100. The van der Waals surface area contributed by atoms with Gasteiger partial charge in [-0.3, -0.25) is 19.1 Å². The van der Waals surface area contributed by atoms with E-state index in [1.165, 1.54) is 0 Å². The largest absolute Gasteiger partial charge is 0.376 e. The highest BCUT2D eigenvalue weighted by Crippen LogP contribution is 2.35. The maximum Gasteiger partial charge on any atom is 0.280 e. The topological polar surface area (TPSA) is 76.3 Å². The molecule has 8 heteroatoms. The molecule has 33 heavy (non-hydrogen) atoms. The molecule has 164 valence electrons. The van der Waals surface area contributed by atoms with E-state index in [2.05, 4.69) is 15.3 Å². The minimum absolute atomic E-state index is 0.271. The number of nitrogens with one attached hydrogen (secondary N) is 1. The first-order valence-corrected chi connectivity index (χ1v) is 11.1. The van der Waals surface area contributed by atoms with Crippen LogP contribution >= 0.6 is 23.2 Å². The van der Waals surface area contributed by atoms with E-state index in [4.69, 9.17) is 23.2 Å². The number of amides is 1. The summed E-state index contributed by atoms with van der Waals surface area (Å²) in [5, 5.41) is 5.03. The zero-order valence-corrected chi connectivity index (χ0v) is 19.1. The van der Waals surface area contributed by atoms with Crippen molar-refractivity contribution in [1.29, 1.82) is 0 Å². The molecule has 1 N–H and O–H groups in total. The van der Waals surface area contributed by atoms with Gasteiger partial charge in [-0.1, -0.05) is 53.5 Å². The van der Waals surface area contributed by atoms with Crippen LogP contribution in [0.5, 0.6) is 0 Å². The number of pyridine rings is 2. The van der Waals surface area contributed by atoms with Gasteiger partial charge >= 0.3 is 0 Å². The Kier molecular flexibility index (Phi) is 5.48. The molecule has 0 spiro atoms. The number of hydrogen-bond donors (Lipinski definition) is 1. The third kappa shape index (κ3) is 3.61. The van der Waals surface area contributed by atoms with Crippen LogP contribution in [0.2, 0.25) is 10.0 Å². The Morgan fingerprint density at radius 3 is 2.61 bits per heavy atom. The van der Waals surface area contributed by atoms with E-state index in [0.717, 1.165) is 0 Å². The number of benzene rings is 2. The Morgan fingerprint density at radius 2 is 1.82 bits per heavy atom. The number of hydrogen-bond acceptors (Lipinski definition) is 4. The number of fused-ring (bicyclic) bond motifs is 2. The third-order valence-corrected chi connectivity index (χ3v) is 6.38. The van der Waals surface area contributed by atoms with Crippen molar-refractivity contribution in [3.05, 3.63) is 98.1 Å². The zero-order valence-electron chi connectivity index (χ0n) is 17.5. The van der Waals surface area contributed by atoms with Gasteiger partial charge in [-0.25, -0.2) is 4.99 Å². The van der Waals surface area contributed by atoms with E-state index in [9.17, 15) is 9.59 Å². The lowest BCUT2D eigenvalue weighted by Crippen LogP contribution is -2.27. The minimum atomic E-state index is -0.445. The Morgan fingerprint density at radius 1 is 1.03 bits per heavy atom. The molecule has 0 fully saturated rings. The number of aliphatic imine (C=N–C) groups is 1. The van der Waals surface area contributed by atoms with Crippen molar-refractivity contribution in [3.63, 3.8) is 0 Å². The molecule has 0 saturated heterocycles. The fraction of sp³-hybridized carbons (Fsp3) is 0.120. The molecule has 3 heterocycles. The highest BCUT2D eigenvalue weighted by molar-refractivity contribution is 6.40. The van der Waals surface area contributed by atoms with Crippen molar-refractivity contribution in [2.75, 3.05) is 5.32 Å². The predicted octanol–water partition coefficient (Wildman–Crippen LogP) is 5.63. The first kappa shape index (κ1) is 21.4. The van der Waals surface area contributed by atoms with Crippen LogP contribution in [-0.2, 0) is 6.42 Å². The van der Waals surface area contributed by atoms with Crippen LogP contribution in [0.3, 0.4) is 0 Å². The maximum absolute atomic E-state index is 13.7. The van der Waals surface area contributed by atoms with Gasteiger partial charge in [0, 0.05) is 29.9 Å². The van der Waals surface area contributed by atoms with Crippen LogP contribution in [-0.4, -0.2) is 21.7 Å². The van der Waals surface area contributed by atoms with E-state index in [-0.39, 0.29) is 11.5 Å². The van der Waals surface area contributed by atoms with Gasteiger partial charge in [0.05, 0.1) is 44.1 Å². The molecule has 0 unspecified atom stereocenters. The first-order valence-electron chi connectivity index (χ1n) is 10.4. The summed E-state index contributed by atoms with van der Waals surface area (Å²) in [7, 11) is 0. The lowest BCUT2D eigenvalue weighted by atomic mass is 10.0. The number of carbonyl (C=O) groups excluding carboxylic acids is 1. The monoisotopic (exact) mass is 476 g/mol. The predicted molar refractivity (Wildman–Crippen MR) is 132 cm³/mol. The average Bonchev–Trinajstić information content (AvgIpc) is 2.81. The Hall–Kier alpha value is -3.48. The molecule has 0 saturated carbocycles. The average molecular weight is 477 g/mol. The van der Waals surface area contributed by atoms with Crippen molar-refractivity contribution in [1.82, 2.24) is 9.55 Å². The van der Waals surface area contributed by atoms with Crippen LogP contribution in [0.1, 0.15) is 34.7 Å². The molecule has 2 aromatic heterocycles. The van der Waals surface area contributed by atoms with E-state index >= 15 is 0 Å². The summed E-state index contributed by atoms with van der Waals surface area (Å²) in [6.07, 6.45) is 3.68. The number of halogens is 2. The van der Waals surface area contributed by atoms with Crippen molar-refractivity contribution in [2.45, 2.75) is 19.4 Å². The minimum Gasteiger partial charge on any atom is -0.376 e. The fourth-order valence-electron chi connectivity index (χ4n) is 4.20. The van der Waals surface area contributed by atoms with Gasteiger partial charge in [0.2, 0.25) is 0 Å². The van der Waals surface area contributed by atoms with Gasteiger partial charge in [-0.2, -0.15) is 0 Å². The van der Waals surface area contributed by atoms with Gasteiger partial charge in [-0.05, 0) is 31.2 Å². The molecule has 1 amide bonds. The lowest BCUT2D eigenvalue weighted by Gasteiger charge is -2.25. The highest BCUT2D eigenvalue weighted by Gasteiger charge is 2.25. The third-order valence-electron chi connectivity index (χ3n) is 5.67. The summed E-state index contributed by atoms with van der Waals surface area (Å²) >= 11 is 13.3. The van der Waals surface area contributed by atoms with Gasteiger partial charge < -0.3 is 5.32 Å². The summed E-state index contributed by atoms with van der Waals surface area (Å²) < 4.78 is 1.57. The van der Waals surface area contributed by atoms with E-state index in [0.29, 0.717) is 55.6 Å². The van der Waals surface area contributed by atoms with Gasteiger partial charge in [0.25, 0.3) is 11.5 Å². The zero-order chi connectivity index (χ0) is 23.1. The summed E-state index contributed by atoms with van der Waals surface area (Å²) in [4.78, 5) is 34.4. The van der Waals surface area contributed by atoms with Crippen LogP contribution < -0.4 is 10.9 Å². The highest BCUT2D eigenvalue weighted by atomic mass is 35.5. The van der Waals surface area contributed by atoms with E-state index in [1.807, 2.05) is 37.3 Å². The standard InChI is InChI=1S/C25H18Cl2N4O2/c1-14(30-19-11-12-28-18-10-13-29-24(32)21(18)19)23-22(27)16-8-5-9-17(26)20(16)25(33)31(23)15-6-3-2-4-7-15/h2-9,11-14H,10H2,1H3,(H,28,30)/t14-/m0/s1. The second kappa shape index (κ2) is 8.46. The van der Waals surface area contributed by atoms with Gasteiger partial charge in [-0.15, -0.1) is 0 Å². The SMILES string of the molecule is C[C@H](Nc1ccnc2c1C(=O)N=CC2)c1c(Cl)c2cccc(Cl)c2c(=O)n1-c1ccccc1. The maximum atomic E-state index is 13.7. The normalized spacial score (nSPS) is 13.7. The fourth-order valence-corrected chi connectivity index (χ4v) is 4.86. The Labute approximate surface area is 199 Å². The smallest absolute Gasteiger partial charge is 0.280 e. The molecule has 0 radical (unpaired) electrons. The second-order valence-corrected chi connectivity index (χ2v) is 8.49. The van der Waals surface area contributed by atoms with Crippen molar-refractivity contribution < 1.29 is 4.79 Å². The van der Waals surface area contributed by atoms with Crippen LogP contribution in [0.25, 0.3) is 16.5 Å². The molecule has 5 rings (SSSR count). The molecule has 1 aliphatic rings. The van der Waals surface area contributed by atoms with Crippen molar-refractivity contribution >= 4 is 51.8 Å². The number of anilines is 1. The molecule has 0 bridgehead atoms. The summed E-state index contributed by atoms with van der Waals surface area (Å²) in [5.41, 5.74) is 2.62. The van der Waals surface area contributed by atoms with Gasteiger partial charge in [0.15, 0.2) is 0 Å². The molecule has 1 atom stereocenters. The second-order valence-electron chi connectivity index (χ2n) is 7.70. The molecule has 4 aromatic rings. The Balaban J connectivity index is 1.73. The number of carbonyl (C=O) groups is 1. The molecule has 6 nitrogen and oxygen atoms in total. The first-order chi connectivity index (χ1) is 16.0. The summed E-state index contributed by atoms with van der Waals surface area (Å²) in [6.45, 7) is 1.89. The van der Waals surface area contributed by atoms with Crippen LogP contribution in [0.15, 0.2) is 70.6 Å². The van der Waals surface area contributed by atoms with Crippen molar-refractivity contribution in [2.24, 2.45) is 4.99 Å². The Bertz CT molecular complexity index is 1500. The molecule has 2 aromatic carbocycles.